The van der Waals surface area contributed by atoms with Gasteiger partial charge < -0.3 is 19.4 Å². The molecular formula is C10H12N4O3. The van der Waals surface area contributed by atoms with Crippen LogP contribution in [-0.4, -0.2) is 44.5 Å². The number of aromatic nitrogens is 4. The predicted octanol–water partition coefficient (Wildman–Crippen LogP) is 0.324. The molecule has 0 spiro atoms. The summed E-state index contributed by atoms with van der Waals surface area (Å²) in [7, 11) is 0. The minimum absolute atomic E-state index is 0.250. The van der Waals surface area contributed by atoms with Crippen LogP contribution in [0, 0.1) is 0 Å². The van der Waals surface area contributed by atoms with Gasteiger partial charge in [-0.25, -0.2) is 4.98 Å². The highest BCUT2D eigenvalue weighted by atomic mass is 16.5. The molecule has 17 heavy (non-hydrogen) atoms. The lowest BCUT2D eigenvalue weighted by molar-refractivity contribution is -0.0149. The van der Waals surface area contributed by atoms with Gasteiger partial charge in [-0.15, -0.1) is 0 Å². The van der Waals surface area contributed by atoms with Crippen LogP contribution in [0.5, 0.6) is 0 Å². The van der Waals surface area contributed by atoms with Gasteiger partial charge in [0.15, 0.2) is 5.82 Å². The molecule has 0 saturated carbocycles. The zero-order valence-corrected chi connectivity index (χ0v) is 9.04. The van der Waals surface area contributed by atoms with E-state index in [2.05, 4.69) is 20.1 Å². The second kappa shape index (κ2) is 4.27. The number of ether oxygens (including phenoxy) is 1. The molecule has 2 aromatic rings. The first-order chi connectivity index (χ1) is 8.34. The van der Waals surface area contributed by atoms with E-state index in [0.717, 1.165) is 0 Å². The molecule has 0 aliphatic carbocycles. The SMILES string of the molecule is OC1CCOCC1c1nc(-c2ncc[nH]2)no1. The molecule has 3 rings (SSSR count). The largest absolute Gasteiger partial charge is 0.392 e. The van der Waals surface area contributed by atoms with Gasteiger partial charge in [-0.2, -0.15) is 4.98 Å². The maximum absolute atomic E-state index is 9.83. The monoisotopic (exact) mass is 236 g/mol. The topological polar surface area (TPSA) is 97.1 Å². The Hall–Kier alpha value is -1.73. The van der Waals surface area contributed by atoms with E-state index in [4.69, 9.17) is 9.26 Å². The second-order valence-corrected chi connectivity index (χ2v) is 3.93. The van der Waals surface area contributed by atoms with Gasteiger partial charge in [0.05, 0.1) is 18.6 Å². The third kappa shape index (κ3) is 1.94. The molecule has 0 bridgehead atoms. The number of H-pyrrole nitrogens is 1. The number of aliphatic hydroxyl groups excluding tert-OH is 1. The van der Waals surface area contributed by atoms with Gasteiger partial charge in [0.1, 0.15) is 0 Å². The Morgan fingerprint density at radius 3 is 3.18 bits per heavy atom. The molecule has 7 heteroatoms. The summed E-state index contributed by atoms with van der Waals surface area (Å²) in [6.07, 6.45) is 3.39. The smallest absolute Gasteiger partial charge is 0.238 e. The molecule has 2 N–H and O–H groups in total. The Bertz CT molecular complexity index is 481. The van der Waals surface area contributed by atoms with E-state index in [0.29, 0.717) is 37.2 Å². The zero-order chi connectivity index (χ0) is 11.7. The summed E-state index contributed by atoms with van der Waals surface area (Å²) >= 11 is 0. The predicted molar refractivity (Wildman–Crippen MR) is 56.1 cm³/mol. The van der Waals surface area contributed by atoms with Crippen molar-refractivity contribution in [2.45, 2.75) is 18.4 Å². The lowest BCUT2D eigenvalue weighted by atomic mass is 9.99. The Kier molecular flexibility index (Phi) is 2.62. The van der Waals surface area contributed by atoms with Crippen molar-refractivity contribution in [2.24, 2.45) is 0 Å². The van der Waals surface area contributed by atoms with Crippen LogP contribution in [0.4, 0.5) is 0 Å². The van der Waals surface area contributed by atoms with Crippen molar-refractivity contribution in [3.63, 3.8) is 0 Å². The zero-order valence-electron chi connectivity index (χ0n) is 9.04. The van der Waals surface area contributed by atoms with E-state index in [-0.39, 0.29) is 5.92 Å². The average molecular weight is 236 g/mol. The number of aliphatic hydroxyl groups is 1. The van der Waals surface area contributed by atoms with Gasteiger partial charge in [0, 0.05) is 19.0 Å². The molecule has 2 aromatic heterocycles. The van der Waals surface area contributed by atoms with Gasteiger partial charge in [-0.05, 0) is 6.42 Å². The van der Waals surface area contributed by atoms with E-state index >= 15 is 0 Å². The molecule has 0 aromatic carbocycles. The average Bonchev–Trinajstić information content (AvgIpc) is 3.00. The molecule has 1 aliphatic rings. The van der Waals surface area contributed by atoms with Gasteiger partial charge in [-0.3, -0.25) is 0 Å². The van der Waals surface area contributed by atoms with Crippen molar-refractivity contribution >= 4 is 0 Å². The summed E-state index contributed by atoms with van der Waals surface area (Å²) in [4.78, 5) is 11.1. The van der Waals surface area contributed by atoms with Crippen LogP contribution < -0.4 is 0 Å². The second-order valence-electron chi connectivity index (χ2n) is 3.93. The fraction of sp³-hybridized carbons (Fsp3) is 0.500. The molecule has 0 amide bonds. The van der Waals surface area contributed by atoms with Crippen LogP contribution in [0.15, 0.2) is 16.9 Å². The number of aromatic amines is 1. The maximum atomic E-state index is 9.83. The van der Waals surface area contributed by atoms with E-state index in [9.17, 15) is 5.11 Å². The van der Waals surface area contributed by atoms with E-state index in [1.165, 1.54) is 0 Å². The molecule has 1 saturated heterocycles. The highest BCUT2D eigenvalue weighted by Crippen LogP contribution is 2.25. The van der Waals surface area contributed by atoms with Crippen molar-refractivity contribution in [2.75, 3.05) is 13.2 Å². The Labute approximate surface area is 96.8 Å². The highest BCUT2D eigenvalue weighted by molar-refractivity contribution is 5.40. The maximum Gasteiger partial charge on any atom is 0.238 e. The van der Waals surface area contributed by atoms with Gasteiger partial charge in [0.2, 0.25) is 11.7 Å². The molecule has 7 nitrogen and oxygen atoms in total. The van der Waals surface area contributed by atoms with Crippen molar-refractivity contribution in [3.8, 4) is 11.6 Å². The molecular weight excluding hydrogens is 224 g/mol. The molecule has 2 atom stereocenters. The summed E-state index contributed by atoms with van der Waals surface area (Å²) in [5.41, 5.74) is 0. The number of hydrogen-bond acceptors (Lipinski definition) is 6. The number of nitrogens with zero attached hydrogens (tertiary/aromatic N) is 3. The molecule has 1 aliphatic heterocycles. The number of imidazole rings is 1. The summed E-state index contributed by atoms with van der Waals surface area (Å²) < 4.78 is 10.4. The minimum atomic E-state index is -0.492. The lowest BCUT2D eigenvalue weighted by Crippen LogP contribution is -2.30. The summed E-state index contributed by atoms with van der Waals surface area (Å²) in [5.74, 6) is 1.08. The molecule has 90 valence electrons. The third-order valence-corrected chi connectivity index (χ3v) is 2.79. The number of nitrogens with one attached hydrogen (secondary N) is 1. The van der Waals surface area contributed by atoms with E-state index < -0.39 is 6.10 Å². The lowest BCUT2D eigenvalue weighted by Gasteiger charge is -2.24. The van der Waals surface area contributed by atoms with Crippen molar-refractivity contribution in [3.05, 3.63) is 18.3 Å². The first-order valence-corrected chi connectivity index (χ1v) is 5.44. The Balaban J connectivity index is 1.84. The van der Waals surface area contributed by atoms with Crippen molar-refractivity contribution < 1.29 is 14.4 Å². The van der Waals surface area contributed by atoms with Crippen molar-refractivity contribution in [1.82, 2.24) is 20.1 Å². The normalized spacial score (nSPS) is 25.0. The van der Waals surface area contributed by atoms with Gasteiger partial charge in [0.25, 0.3) is 0 Å². The standard InChI is InChI=1S/C10H12N4O3/c15-7-1-4-16-5-6(7)10-13-9(14-17-10)8-11-2-3-12-8/h2-3,6-7,15H,1,4-5H2,(H,11,12). The molecule has 2 unspecified atom stereocenters. The van der Waals surface area contributed by atoms with Crippen LogP contribution in [-0.2, 0) is 4.74 Å². The molecule has 3 heterocycles. The van der Waals surface area contributed by atoms with E-state index in [1.807, 2.05) is 0 Å². The summed E-state index contributed by atoms with van der Waals surface area (Å²) in [6.45, 7) is 0.970. The van der Waals surface area contributed by atoms with Crippen LogP contribution >= 0.6 is 0 Å². The highest BCUT2D eigenvalue weighted by Gasteiger charge is 2.30. The molecule has 1 fully saturated rings. The summed E-state index contributed by atoms with van der Waals surface area (Å²) in [5, 5.41) is 13.7. The minimum Gasteiger partial charge on any atom is -0.392 e. The van der Waals surface area contributed by atoms with Crippen LogP contribution in [0.25, 0.3) is 11.6 Å². The Morgan fingerprint density at radius 1 is 1.47 bits per heavy atom. The first kappa shape index (κ1) is 10.4. The number of hydrogen-bond donors (Lipinski definition) is 2. The van der Waals surface area contributed by atoms with Crippen molar-refractivity contribution in [1.29, 1.82) is 0 Å². The fourth-order valence-electron chi connectivity index (χ4n) is 1.83. The van der Waals surface area contributed by atoms with Crippen LogP contribution in [0.3, 0.4) is 0 Å². The number of rotatable bonds is 2. The Morgan fingerprint density at radius 2 is 2.41 bits per heavy atom. The van der Waals surface area contributed by atoms with Gasteiger partial charge in [-0.1, -0.05) is 5.16 Å². The van der Waals surface area contributed by atoms with Crippen LogP contribution in [0.2, 0.25) is 0 Å². The van der Waals surface area contributed by atoms with Crippen LogP contribution in [0.1, 0.15) is 18.2 Å². The quantitative estimate of drug-likeness (QED) is 0.779. The summed E-state index contributed by atoms with van der Waals surface area (Å²) in [6, 6.07) is 0. The third-order valence-electron chi connectivity index (χ3n) is 2.79. The molecule has 0 radical (unpaired) electrons. The fourth-order valence-corrected chi connectivity index (χ4v) is 1.83. The first-order valence-electron chi connectivity index (χ1n) is 5.44. The van der Waals surface area contributed by atoms with E-state index in [1.54, 1.807) is 12.4 Å². The van der Waals surface area contributed by atoms with Gasteiger partial charge >= 0.3 is 0 Å².